The molecule has 1 aromatic carbocycles. The number of aromatic nitrogens is 4. The molecule has 0 aliphatic heterocycles. The van der Waals surface area contributed by atoms with Crippen LogP contribution in [0, 0.1) is 0 Å². The Morgan fingerprint density at radius 1 is 1.21 bits per heavy atom. The number of hydrogen-bond acceptors (Lipinski definition) is 4. The van der Waals surface area contributed by atoms with Crippen LogP contribution >= 0.6 is 23.2 Å². The Labute approximate surface area is 118 Å². The standard InChI is InChI=1S/C12H9Cl2N5/c13-7-1-2-8(14)6(3-7)4-9-18-10-11(15)16-5-17-12(10)19-9/h1-3,5H,4H2,(H3,15,16,17,18,19). The molecular formula is C12H9Cl2N5. The molecule has 3 aromatic rings. The van der Waals surface area contributed by atoms with Gasteiger partial charge < -0.3 is 10.7 Å². The maximum atomic E-state index is 6.12. The van der Waals surface area contributed by atoms with Crippen LogP contribution in [0.3, 0.4) is 0 Å². The van der Waals surface area contributed by atoms with Gasteiger partial charge in [0, 0.05) is 16.5 Å². The van der Waals surface area contributed by atoms with Crippen LogP contribution < -0.4 is 5.73 Å². The number of nitrogens with two attached hydrogens (primary N) is 1. The first-order valence-corrected chi connectivity index (χ1v) is 6.28. The molecule has 19 heavy (non-hydrogen) atoms. The summed E-state index contributed by atoms with van der Waals surface area (Å²) in [5.41, 5.74) is 7.80. The van der Waals surface area contributed by atoms with Gasteiger partial charge in [-0.1, -0.05) is 23.2 Å². The molecule has 0 amide bonds. The van der Waals surface area contributed by atoms with E-state index in [4.69, 9.17) is 28.9 Å². The fraction of sp³-hybridized carbons (Fsp3) is 0.0833. The third-order valence-corrected chi connectivity index (χ3v) is 3.33. The van der Waals surface area contributed by atoms with Crippen LogP contribution in [0.1, 0.15) is 11.4 Å². The monoisotopic (exact) mass is 293 g/mol. The van der Waals surface area contributed by atoms with Crippen LogP contribution in [0.4, 0.5) is 5.82 Å². The number of anilines is 1. The van der Waals surface area contributed by atoms with E-state index in [1.54, 1.807) is 12.1 Å². The van der Waals surface area contributed by atoms with Gasteiger partial charge in [-0.3, -0.25) is 0 Å². The number of benzene rings is 1. The second-order valence-electron chi connectivity index (χ2n) is 4.05. The van der Waals surface area contributed by atoms with Crippen molar-refractivity contribution in [3.8, 4) is 0 Å². The largest absolute Gasteiger partial charge is 0.382 e. The van der Waals surface area contributed by atoms with E-state index in [1.807, 2.05) is 6.07 Å². The number of aromatic amines is 1. The van der Waals surface area contributed by atoms with Crippen molar-refractivity contribution in [2.45, 2.75) is 6.42 Å². The lowest BCUT2D eigenvalue weighted by Gasteiger charge is -2.02. The second-order valence-corrected chi connectivity index (χ2v) is 4.90. The average Bonchev–Trinajstić information content (AvgIpc) is 2.78. The van der Waals surface area contributed by atoms with Gasteiger partial charge in [0.25, 0.3) is 0 Å². The Kier molecular flexibility index (Phi) is 3.00. The molecule has 3 rings (SSSR count). The van der Waals surface area contributed by atoms with Gasteiger partial charge in [0.2, 0.25) is 0 Å². The zero-order valence-corrected chi connectivity index (χ0v) is 11.2. The lowest BCUT2D eigenvalue weighted by molar-refractivity contribution is 1.03. The predicted octanol–water partition coefficient (Wildman–Crippen LogP) is 2.83. The smallest absolute Gasteiger partial charge is 0.163 e. The Hall–Kier alpha value is -1.85. The van der Waals surface area contributed by atoms with Gasteiger partial charge >= 0.3 is 0 Å². The van der Waals surface area contributed by atoms with Gasteiger partial charge in [-0.2, -0.15) is 0 Å². The van der Waals surface area contributed by atoms with E-state index in [0.29, 0.717) is 39.3 Å². The molecule has 0 atom stereocenters. The highest BCUT2D eigenvalue weighted by Crippen LogP contribution is 2.23. The Morgan fingerprint density at radius 2 is 2.05 bits per heavy atom. The fourth-order valence-corrected chi connectivity index (χ4v) is 2.22. The van der Waals surface area contributed by atoms with E-state index in [-0.39, 0.29) is 0 Å². The molecule has 0 bridgehead atoms. The summed E-state index contributed by atoms with van der Waals surface area (Å²) in [6.45, 7) is 0. The van der Waals surface area contributed by atoms with Crippen molar-refractivity contribution < 1.29 is 0 Å². The molecule has 0 unspecified atom stereocenters. The van der Waals surface area contributed by atoms with Crippen LogP contribution in [-0.2, 0) is 6.42 Å². The summed E-state index contributed by atoms with van der Waals surface area (Å²) in [4.78, 5) is 15.4. The highest BCUT2D eigenvalue weighted by atomic mass is 35.5. The number of nitrogens with one attached hydrogen (secondary N) is 1. The summed E-state index contributed by atoms with van der Waals surface area (Å²) in [6.07, 6.45) is 1.92. The molecule has 0 aliphatic carbocycles. The van der Waals surface area contributed by atoms with Crippen LogP contribution in [-0.4, -0.2) is 19.9 Å². The van der Waals surface area contributed by atoms with E-state index >= 15 is 0 Å². The van der Waals surface area contributed by atoms with Gasteiger partial charge in [0.05, 0.1) is 0 Å². The highest BCUT2D eigenvalue weighted by molar-refractivity contribution is 6.33. The molecule has 0 saturated carbocycles. The quantitative estimate of drug-likeness (QED) is 0.761. The number of nitrogen functional groups attached to an aromatic ring is 1. The molecule has 5 nitrogen and oxygen atoms in total. The molecule has 0 aliphatic rings. The second kappa shape index (κ2) is 4.68. The lowest BCUT2D eigenvalue weighted by atomic mass is 10.1. The van der Waals surface area contributed by atoms with E-state index < -0.39 is 0 Å². The van der Waals surface area contributed by atoms with E-state index in [2.05, 4.69) is 19.9 Å². The molecule has 2 heterocycles. The fourth-order valence-electron chi connectivity index (χ4n) is 1.84. The number of H-pyrrole nitrogens is 1. The number of imidazole rings is 1. The first-order valence-electron chi connectivity index (χ1n) is 5.52. The Morgan fingerprint density at radius 3 is 2.84 bits per heavy atom. The molecule has 0 spiro atoms. The van der Waals surface area contributed by atoms with Gasteiger partial charge in [-0.05, 0) is 23.8 Å². The van der Waals surface area contributed by atoms with Crippen molar-refractivity contribution in [1.82, 2.24) is 19.9 Å². The van der Waals surface area contributed by atoms with Crippen molar-refractivity contribution in [1.29, 1.82) is 0 Å². The lowest BCUT2D eigenvalue weighted by Crippen LogP contribution is -1.93. The highest BCUT2D eigenvalue weighted by Gasteiger charge is 2.10. The van der Waals surface area contributed by atoms with E-state index in [9.17, 15) is 0 Å². The molecular weight excluding hydrogens is 285 g/mol. The van der Waals surface area contributed by atoms with Gasteiger partial charge in [-0.15, -0.1) is 0 Å². The topological polar surface area (TPSA) is 80.5 Å². The minimum absolute atomic E-state index is 0.352. The Balaban J connectivity index is 2.01. The van der Waals surface area contributed by atoms with Crippen molar-refractivity contribution >= 4 is 40.2 Å². The molecule has 7 heteroatoms. The molecule has 0 saturated heterocycles. The molecule has 0 radical (unpaired) electrons. The number of nitrogens with zero attached hydrogens (tertiary/aromatic N) is 3. The minimum Gasteiger partial charge on any atom is -0.382 e. The summed E-state index contributed by atoms with van der Waals surface area (Å²) in [5, 5.41) is 1.28. The summed E-state index contributed by atoms with van der Waals surface area (Å²) in [5.74, 6) is 1.07. The van der Waals surface area contributed by atoms with E-state index in [1.165, 1.54) is 6.33 Å². The molecule has 96 valence electrons. The first kappa shape index (κ1) is 12.2. The average molecular weight is 294 g/mol. The molecule has 3 N–H and O–H groups in total. The zero-order valence-electron chi connectivity index (χ0n) is 9.69. The zero-order chi connectivity index (χ0) is 13.4. The summed E-state index contributed by atoms with van der Waals surface area (Å²) < 4.78 is 0. The van der Waals surface area contributed by atoms with Crippen molar-refractivity contribution in [3.05, 3.63) is 46.0 Å². The van der Waals surface area contributed by atoms with Crippen molar-refractivity contribution in [3.63, 3.8) is 0 Å². The third-order valence-electron chi connectivity index (χ3n) is 2.73. The number of fused-ring (bicyclic) bond motifs is 1. The third kappa shape index (κ3) is 2.34. The summed E-state index contributed by atoms with van der Waals surface area (Å²) in [7, 11) is 0. The van der Waals surface area contributed by atoms with Gasteiger partial charge in [0.15, 0.2) is 11.5 Å². The number of halogens is 2. The summed E-state index contributed by atoms with van der Waals surface area (Å²) >= 11 is 12.1. The normalized spacial score (nSPS) is 11.1. The Bertz CT molecular complexity index is 753. The van der Waals surface area contributed by atoms with Crippen LogP contribution in [0.2, 0.25) is 10.0 Å². The first-order chi connectivity index (χ1) is 9.13. The van der Waals surface area contributed by atoms with Crippen LogP contribution in [0.25, 0.3) is 11.2 Å². The van der Waals surface area contributed by atoms with Crippen LogP contribution in [0.5, 0.6) is 0 Å². The van der Waals surface area contributed by atoms with Crippen molar-refractivity contribution in [2.24, 2.45) is 0 Å². The maximum absolute atomic E-state index is 6.12. The molecule has 0 fully saturated rings. The summed E-state index contributed by atoms with van der Waals surface area (Å²) in [6, 6.07) is 5.32. The minimum atomic E-state index is 0.352. The van der Waals surface area contributed by atoms with Crippen LogP contribution in [0.15, 0.2) is 24.5 Å². The van der Waals surface area contributed by atoms with E-state index in [0.717, 1.165) is 5.56 Å². The predicted molar refractivity (Wildman–Crippen MR) is 75.4 cm³/mol. The SMILES string of the molecule is Nc1ncnc2[nH]c(Cc3cc(Cl)ccc3Cl)nc12. The van der Waals surface area contributed by atoms with Gasteiger partial charge in [0.1, 0.15) is 17.7 Å². The maximum Gasteiger partial charge on any atom is 0.163 e. The molecule has 2 aromatic heterocycles. The number of rotatable bonds is 2. The van der Waals surface area contributed by atoms with Gasteiger partial charge in [-0.25, -0.2) is 15.0 Å². The van der Waals surface area contributed by atoms with Crippen molar-refractivity contribution in [2.75, 3.05) is 5.73 Å². The number of hydrogen-bond donors (Lipinski definition) is 2.